The van der Waals surface area contributed by atoms with Crippen molar-refractivity contribution in [3.05, 3.63) is 51.6 Å². The molecule has 0 amide bonds. The second kappa shape index (κ2) is 14.4. The number of phenols is 3. The van der Waals surface area contributed by atoms with Crippen LogP contribution in [0.4, 0.5) is 0 Å². The molecule has 4 saturated heterocycles. The molecule has 304 valence electrons. The quantitative estimate of drug-likeness (QED) is 0.227. The summed E-state index contributed by atoms with van der Waals surface area (Å²) in [7, 11) is 3.76. The number of likely N-dealkylation sites (N-methyl/N-ethyl adjacent to an activating group) is 1. The number of benzene rings is 2. The van der Waals surface area contributed by atoms with Crippen LogP contribution >= 0.6 is 0 Å². The van der Waals surface area contributed by atoms with Gasteiger partial charge in [0.2, 0.25) is 5.78 Å². The summed E-state index contributed by atoms with van der Waals surface area (Å²) in [5.74, 6) is -3.74. The standard InChI is InChI=1S/C40H49NO15/c1-7-40(49)14-24(28-31(38(40)48)35(47)29-30(34(28)46)33(45)27-18(32(29)44)9-8-10-20(27)42)54-25-11-19(41(5)6)36(16(3)50-25)55-26-13-22-37(17(4)51-26)56-39-23(53-22)12-21(43)15(2)52-39/h8-10,15-17,19,22-26,36-39,42,46-49H,7,11-14H2,1-6H3/t15-,16-,17-,19-,22-,23-,24-,25-,26-,36+,37+,38?,39-,40+/m0/s1. The summed E-state index contributed by atoms with van der Waals surface area (Å²) in [5.41, 5.74) is -3.95. The molecule has 0 radical (unpaired) electrons. The predicted molar refractivity (Wildman–Crippen MR) is 191 cm³/mol. The molecule has 6 aliphatic rings. The Hall–Kier alpha value is -3.55. The summed E-state index contributed by atoms with van der Waals surface area (Å²) in [6.45, 7) is 7.02. The SMILES string of the molecule is CC[C@@]1(O)C[C@H](O[C@H]2C[C@H](N(C)C)[C@H](O[C@H]3C[C@@H]4O[C@H]5CC(=O)[C@H](C)O[C@H]5O[C@@H]4[C@H](C)O3)[C@H](C)O2)c2c(O)c3c(c(O)c2C1O)C(=O)c1cccc(O)c1C3=O. The molecule has 56 heavy (non-hydrogen) atoms. The Kier molecular flexibility index (Phi) is 10.1. The number of ketones is 3. The Labute approximate surface area is 323 Å². The summed E-state index contributed by atoms with van der Waals surface area (Å²) in [5, 5.41) is 57.2. The van der Waals surface area contributed by atoms with Gasteiger partial charge in [-0.15, -0.1) is 0 Å². The van der Waals surface area contributed by atoms with Gasteiger partial charge in [0.1, 0.15) is 47.8 Å². The van der Waals surface area contributed by atoms with Gasteiger partial charge in [0, 0.05) is 48.4 Å². The van der Waals surface area contributed by atoms with Crippen LogP contribution in [0.15, 0.2) is 18.2 Å². The van der Waals surface area contributed by atoms with E-state index in [4.69, 9.17) is 33.2 Å². The van der Waals surface area contributed by atoms with E-state index in [-0.39, 0.29) is 59.8 Å². The normalized spacial score (nSPS) is 39.4. The van der Waals surface area contributed by atoms with Crippen LogP contribution < -0.4 is 0 Å². The molecule has 0 aromatic heterocycles. The van der Waals surface area contributed by atoms with Gasteiger partial charge in [0.05, 0.1) is 46.7 Å². The smallest absolute Gasteiger partial charge is 0.202 e. The Balaban J connectivity index is 1.05. The number of ether oxygens (including phenoxy) is 7. The first kappa shape index (κ1) is 39.3. The zero-order valence-corrected chi connectivity index (χ0v) is 32.0. The van der Waals surface area contributed by atoms with Crippen molar-refractivity contribution in [3.63, 3.8) is 0 Å². The number of carbonyl (C=O) groups excluding carboxylic acids is 3. The van der Waals surface area contributed by atoms with Gasteiger partial charge < -0.3 is 63.6 Å². The molecule has 2 aliphatic carbocycles. The highest BCUT2D eigenvalue weighted by atomic mass is 16.8. The average Bonchev–Trinajstić information content (AvgIpc) is 3.14. The third kappa shape index (κ3) is 6.25. The lowest BCUT2D eigenvalue weighted by Gasteiger charge is -2.51. The highest BCUT2D eigenvalue weighted by Crippen LogP contribution is 2.56. The van der Waals surface area contributed by atoms with Gasteiger partial charge in [0.25, 0.3) is 0 Å². The number of Topliss-reactive ketones (excluding diaryl/α,β-unsaturated/α-hetero) is 1. The number of carbonyl (C=O) groups is 3. The van der Waals surface area contributed by atoms with Crippen molar-refractivity contribution in [2.24, 2.45) is 0 Å². The molecule has 0 bridgehead atoms. The van der Waals surface area contributed by atoms with Gasteiger partial charge in [-0.05, 0) is 47.4 Å². The van der Waals surface area contributed by atoms with Gasteiger partial charge in [-0.1, -0.05) is 19.1 Å². The summed E-state index contributed by atoms with van der Waals surface area (Å²) < 4.78 is 44.1. The molecule has 5 N–H and O–H groups in total. The summed E-state index contributed by atoms with van der Waals surface area (Å²) in [6, 6.07) is 3.61. The molecule has 16 heteroatoms. The van der Waals surface area contributed by atoms with Gasteiger partial charge in [-0.3, -0.25) is 14.4 Å². The van der Waals surface area contributed by atoms with Gasteiger partial charge >= 0.3 is 0 Å². The largest absolute Gasteiger partial charge is 0.507 e. The number of hydrogen-bond acceptors (Lipinski definition) is 16. The van der Waals surface area contributed by atoms with E-state index in [0.717, 1.165) is 0 Å². The number of nitrogens with zero attached hydrogens (tertiary/aromatic N) is 1. The minimum absolute atomic E-state index is 0.00672. The Bertz CT molecular complexity index is 1940. The second-order valence-electron chi connectivity index (χ2n) is 16.1. The average molecular weight is 784 g/mol. The molecule has 4 heterocycles. The molecular formula is C40H49NO15. The molecule has 14 atom stereocenters. The summed E-state index contributed by atoms with van der Waals surface area (Å²) in [6.07, 6.45) is -8.31. The lowest BCUT2D eigenvalue weighted by molar-refractivity contribution is -0.371. The van der Waals surface area contributed by atoms with Crippen molar-refractivity contribution in [1.29, 1.82) is 0 Å². The van der Waals surface area contributed by atoms with Gasteiger partial charge in [-0.2, -0.15) is 0 Å². The third-order valence-electron chi connectivity index (χ3n) is 12.4. The van der Waals surface area contributed by atoms with Crippen molar-refractivity contribution in [2.75, 3.05) is 14.1 Å². The van der Waals surface area contributed by atoms with Crippen LogP contribution in [-0.4, -0.2) is 135 Å². The first-order valence-corrected chi connectivity index (χ1v) is 19.2. The van der Waals surface area contributed by atoms with Gasteiger partial charge in [-0.25, -0.2) is 0 Å². The Morgan fingerprint density at radius 1 is 0.821 bits per heavy atom. The first-order valence-electron chi connectivity index (χ1n) is 19.2. The number of aliphatic hydroxyl groups excluding tert-OH is 1. The van der Waals surface area contributed by atoms with E-state index in [1.54, 1.807) is 13.8 Å². The van der Waals surface area contributed by atoms with E-state index in [9.17, 15) is 39.9 Å². The highest BCUT2D eigenvalue weighted by Gasteiger charge is 2.54. The first-order chi connectivity index (χ1) is 26.5. The predicted octanol–water partition coefficient (Wildman–Crippen LogP) is 2.66. The van der Waals surface area contributed by atoms with E-state index in [0.29, 0.717) is 6.42 Å². The fourth-order valence-electron chi connectivity index (χ4n) is 9.31. The monoisotopic (exact) mass is 783 g/mol. The van der Waals surface area contributed by atoms with E-state index in [2.05, 4.69) is 0 Å². The van der Waals surface area contributed by atoms with E-state index in [1.165, 1.54) is 18.2 Å². The number of aliphatic hydroxyl groups is 2. The molecule has 2 aromatic rings. The minimum Gasteiger partial charge on any atom is -0.507 e. The molecule has 4 fully saturated rings. The number of fused-ring (bicyclic) bond motifs is 5. The number of hydrogen-bond donors (Lipinski definition) is 5. The number of aromatic hydroxyl groups is 3. The maximum Gasteiger partial charge on any atom is 0.202 e. The molecular weight excluding hydrogens is 734 g/mol. The van der Waals surface area contributed by atoms with Crippen LogP contribution in [0.1, 0.15) is 115 Å². The Morgan fingerprint density at radius 2 is 1.50 bits per heavy atom. The molecule has 2 aromatic carbocycles. The zero-order chi connectivity index (χ0) is 40.1. The molecule has 4 aliphatic heterocycles. The van der Waals surface area contributed by atoms with Crippen LogP contribution in [-0.2, 0) is 38.0 Å². The third-order valence-corrected chi connectivity index (χ3v) is 12.4. The van der Waals surface area contributed by atoms with Crippen LogP contribution in [0.25, 0.3) is 0 Å². The Morgan fingerprint density at radius 3 is 2.21 bits per heavy atom. The fourth-order valence-corrected chi connectivity index (χ4v) is 9.31. The molecule has 0 saturated carbocycles. The maximum atomic E-state index is 13.8. The van der Waals surface area contributed by atoms with Gasteiger partial charge in [0.15, 0.2) is 30.4 Å². The zero-order valence-electron chi connectivity index (χ0n) is 32.0. The van der Waals surface area contributed by atoms with E-state index < -0.39 is 119 Å². The van der Waals surface area contributed by atoms with E-state index >= 15 is 0 Å². The number of phenolic OH excluding ortho intramolecular Hbond substituents is 3. The van der Waals surface area contributed by atoms with Crippen molar-refractivity contribution in [3.8, 4) is 17.2 Å². The fraction of sp³-hybridized carbons (Fsp3) is 0.625. The molecule has 16 nitrogen and oxygen atoms in total. The van der Waals surface area contributed by atoms with Crippen LogP contribution in [0, 0.1) is 0 Å². The van der Waals surface area contributed by atoms with Crippen LogP contribution in [0.5, 0.6) is 17.2 Å². The van der Waals surface area contributed by atoms with Crippen molar-refractivity contribution >= 4 is 17.3 Å². The minimum atomic E-state index is -1.87. The highest BCUT2D eigenvalue weighted by molar-refractivity contribution is 6.31. The second-order valence-corrected chi connectivity index (χ2v) is 16.1. The van der Waals surface area contributed by atoms with Crippen LogP contribution in [0.2, 0.25) is 0 Å². The maximum absolute atomic E-state index is 13.8. The van der Waals surface area contributed by atoms with Crippen molar-refractivity contribution < 1.29 is 73.1 Å². The topological polar surface area (TPSA) is 220 Å². The van der Waals surface area contributed by atoms with Crippen molar-refractivity contribution in [2.45, 2.75) is 145 Å². The summed E-state index contributed by atoms with van der Waals surface area (Å²) >= 11 is 0. The molecule has 1 unspecified atom stereocenters. The van der Waals surface area contributed by atoms with E-state index in [1.807, 2.05) is 32.8 Å². The lowest BCUT2D eigenvalue weighted by atomic mass is 9.70. The van der Waals surface area contributed by atoms with Crippen molar-refractivity contribution in [1.82, 2.24) is 4.90 Å². The molecule has 8 rings (SSSR count). The number of rotatable bonds is 6. The lowest BCUT2D eigenvalue weighted by Crippen LogP contribution is -2.62. The van der Waals surface area contributed by atoms with Crippen LogP contribution in [0.3, 0.4) is 0 Å². The summed E-state index contributed by atoms with van der Waals surface area (Å²) in [4.78, 5) is 41.8. The molecule has 0 spiro atoms.